The summed E-state index contributed by atoms with van der Waals surface area (Å²) in [5.41, 5.74) is 5.26. The van der Waals surface area contributed by atoms with E-state index in [-0.39, 0.29) is 12.0 Å². The van der Waals surface area contributed by atoms with E-state index < -0.39 is 5.60 Å². The van der Waals surface area contributed by atoms with Gasteiger partial charge in [0.15, 0.2) is 0 Å². The first-order valence-corrected chi connectivity index (χ1v) is 6.20. The summed E-state index contributed by atoms with van der Waals surface area (Å²) < 4.78 is 5.39. The summed E-state index contributed by atoms with van der Waals surface area (Å²) in [6.07, 6.45) is 6.60. The van der Waals surface area contributed by atoms with E-state index >= 15 is 0 Å². The molecule has 0 amide bonds. The largest absolute Gasteiger partial charge is 0.466 e. The monoisotopic (exact) mass is 223 g/mol. The molecule has 0 aliphatic heterocycles. The van der Waals surface area contributed by atoms with Crippen LogP contribution in [0.25, 0.3) is 0 Å². The minimum absolute atomic E-state index is 0.0869. The fourth-order valence-corrected chi connectivity index (χ4v) is 2.90. The Balaban J connectivity index is 2.26. The highest BCUT2D eigenvalue weighted by Crippen LogP contribution is 2.41. The minimum Gasteiger partial charge on any atom is -0.466 e. The fourth-order valence-electron chi connectivity index (χ4n) is 2.90. The van der Waals surface area contributed by atoms with Crippen LogP contribution in [-0.2, 0) is 5.60 Å². The van der Waals surface area contributed by atoms with Gasteiger partial charge in [0.2, 0.25) is 0 Å². The first-order valence-electron chi connectivity index (χ1n) is 6.20. The molecular formula is C13H21NO2. The standard InChI is InChI=1S/C13H21NO2/c1-2-13(15,12-8-5-9-16-12)10-6-3-4-7-11(10)14/h5,8-11,15H,2-4,6-7,14H2,1H3/t10-,11?,13+/m0/s1. The van der Waals surface area contributed by atoms with Gasteiger partial charge in [0.1, 0.15) is 11.4 Å². The topological polar surface area (TPSA) is 59.4 Å². The van der Waals surface area contributed by atoms with Crippen LogP contribution in [0, 0.1) is 5.92 Å². The van der Waals surface area contributed by atoms with Gasteiger partial charge in [0, 0.05) is 12.0 Å². The lowest BCUT2D eigenvalue weighted by Gasteiger charge is -2.40. The highest BCUT2D eigenvalue weighted by atomic mass is 16.4. The first-order chi connectivity index (χ1) is 7.68. The predicted octanol–water partition coefficient (Wildman–Crippen LogP) is 2.39. The van der Waals surface area contributed by atoms with Crippen molar-refractivity contribution in [3.8, 4) is 0 Å². The van der Waals surface area contributed by atoms with E-state index in [9.17, 15) is 5.11 Å². The van der Waals surface area contributed by atoms with E-state index in [1.807, 2.05) is 19.1 Å². The maximum absolute atomic E-state index is 10.8. The summed E-state index contributed by atoms with van der Waals surface area (Å²) in [6.45, 7) is 1.99. The zero-order valence-corrected chi connectivity index (χ0v) is 9.86. The molecule has 0 aromatic carbocycles. The normalized spacial score (nSPS) is 29.9. The zero-order chi connectivity index (χ0) is 11.6. The second-order valence-electron chi connectivity index (χ2n) is 4.81. The van der Waals surface area contributed by atoms with Gasteiger partial charge >= 0.3 is 0 Å². The molecule has 2 rings (SSSR count). The molecule has 3 heteroatoms. The third-order valence-electron chi connectivity index (χ3n) is 3.92. The van der Waals surface area contributed by atoms with Gasteiger partial charge in [0.05, 0.1) is 6.26 Å². The van der Waals surface area contributed by atoms with Crippen molar-refractivity contribution in [2.75, 3.05) is 0 Å². The van der Waals surface area contributed by atoms with Crippen molar-refractivity contribution < 1.29 is 9.52 Å². The van der Waals surface area contributed by atoms with Crippen LogP contribution in [0.5, 0.6) is 0 Å². The van der Waals surface area contributed by atoms with E-state index in [4.69, 9.17) is 10.2 Å². The average Bonchev–Trinajstić information content (AvgIpc) is 2.82. The lowest BCUT2D eigenvalue weighted by atomic mass is 9.71. The van der Waals surface area contributed by atoms with E-state index in [1.165, 1.54) is 6.42 Å². The third kappa shape index (κ3) is 1.89. The van der Waals surface area contributed by atoms with Crippen LogP contribution in [0.1, 0.15) is 44.8 Å². The summed E-state index contributed by atoms with van der Waals surface area (Å²) in [5, 5.41) is 10.8. The lowest BCUT2D eigenvalue weighted by molar-refractivity contribution is -0.0659. The van der Waals surface area contributed by atoms with E-state index in [0.717, 1.165) is 19.3 Å². The number of hydrogen-bond acceptors (Lipinski definition) is 3. The van der Waals surface area contributed by atoms with Crippen molar-refractivity contribution in [1.82, 2.24) is 0 Å². The molecule has 0 saturated heterocycles. The second kappa shape index (κ2) is 4.60. The molecule has 3 atom stereocenters. The number of nitrogens with two attached hydrogens (primary N) is 1. The van der Waals surface area contributed by atoms with Crippen LogP contribution in [0.3, 0.4) is 0 Å². The van der Waals surface area contributed by atoms with E-state index in [0.29, 0.717) is 12.2 Å². The highest BCUT2D eigenvalue weighted by Gasteiger charge is 2.43. The lowest BCUT2D eigenvalue weighted by Crippen LogP contribution is -2.46. The van der Waals surface area contributed by atoms with Crippen molar-refractivity contribution in [2.45, 2.75) is 50.7 Å². The van der Waals surface area contributed by atoms with Crippen LogP contribution < -0.4 is 5.73 Å². The Hall–Kier alpha value is -0.800. The van der Waals surface area contributed by atoms with Gasteiger partial charge in [-0.15, -0.1) is 0 Å². The molecule has 1 aromatic rings. The van der Waals surface area contributed by atoms with Crippen molar-refractivity contribution in [1.29, 1.82) is 0 Å². The van der Waals surface area contributed by atoms with Gasteiger partial charge in [-0.05, 0) is 31.4 Å². The van der Waals surface area contributed by atoms with Gasteiger partial charge in [0.25, 0.3) is 0 Å². The zero-order valence-electron chi connectivity index (χ0n) is 9.86. The molecule has 0 spiro atoms. The molecule has 1 fully saturated rings. The molecule has 0 bridgehead atoms. The number of furan rings is 1. The Bertz CT molecular complexity index is 323. The minimum atomic E-state index is -0.886. The maximum atomic E-state index is 10.8. The van der Waals surface area contributed by atoms with Gasteiger partial charge < -0.3 is 15.3 Å². The quantitative estimate of drug-likeness (QED) is 0.827. The SMILES string of the molecule is CC[C@](O)(c1ccco1)[C@H]1CCCCC1N. The molecule has 1 heterocycles. The number of rotatable bonds is 3. The summed E-state index contributed by atoms with van der Waals surface area (Å²) in [4.78, 5) is 0. The maximum Gasteiger partial charge on any atom is 0.135 e. The first kappa shape index (κ1) is 11.7. The average molecular weight is 223 g/mol. The fraction of sp³-hybridized carbons (Fsp3) is 0.692. The van der Waals surface area contributed by atoms with Crippen LogP contribution >= 0.6 is 0 Å². The Morgan fingerprint density at radius 1 is 1.50 bits per heavy atom. The number of aliphatic hydroxyl groups is 1. The predicted molar refractivity (Wildman–Crippen MR) is 62.8 cm³/mol. The Kier molecular flexibility index (Phi) is 3.36. The smallest absolute Gasteiger partial charge is 0.135 e. The Morgan fingerprint density at radius 2 is 2.25 bits per heavy atom. The van der Waals surface area contributed by atoms with Gasteiger partial charge in [-0.3, -0.25) is 0 Å². The molecule has 1 aliphatic carbocycles. The van der Waals surface area contributed by atoms with Gasteiger partial charge in [-0.25, -0.2) is 0 Å². The summed E-state index contributed by atoms with van der Waals surface area (Å²) in [7, 11) is 0. The second-order valence-corrected chi connectivity index (χ2v) is 4.81. The highest BCUT2D eigenvalue weighted by molar-refractivity contribution is 5.12. The summed E-state index contributed by atoms with van der Waals surface area (Å²) in [5.74, 6) is 0.787. The molecule has 1 aliphatic rings. The van der Waals surface area contributed by atoms with Crippen LogP contribution in [-0.4, -0.2) is 11.1 Å². The molecule has 0 radical (unpaired) electrons. The van der Waals surface area contributed by atoms with Crippen molar-refractivity contribution in [3.63, 3.8) is 0 Å². The molecule has 1 saturated carbocycles. The van der Waals surface area contributed by atoms with Gasteiger partial charge in [-0.2, -0.15) is 0 Å². The molecule has 3 nitrogen and oxygen atoms in total. The van der Waals surface area contributed by atoms with E-state index in [2.05, 4.69) is 0 Å². The molecule has 90 valence electrons. The van der Waals surface area contributed by atoms with Crippen molar-refractivity contribution >= 4 is 0 Å². The molecule has 16 heavy (non-hydrogen) atoms. The summed E-state index contributed by atoms with van der Waals surface area (Å²) >= 11 is 0. The Labute approximate surface area is 96.6 Å². The van der Waals surface area contributed by atoms with Crippen LogP contribution in [0.15, 0.2) is 22.8 Å². The van der Waals surface area contributed by atoms with Gasteiger partial charge in [-0.1, -0.05) is 19.8 Å². The van der Waals surface area contributed by atoms with Crippen molar-refractivity contribution in [2.24, 2.45) is 11.7 Å². The molecule has 1 unspecified atom stereocenters. The molecular weight excluding hydrogens is 202 g/mol. The van der Waals surface area contributed by atoms with Crippen molar-refractivity contribution in [3.05, 3.63) is 24.2 Å². The third-order valence-corrected chi connectivity index (χ3v) is 3.92. The molecule has 1 aromatic heterocycles. The Morgan fingerprint density at radius 3 is 2.81 bits per heavy atom. The van der Waals surface area contributed by atoms with Crippen LogP contribution in [0.4, 0.5) is 0 Å². The molecule has 3 N–H and O–H groups in total. The van der Waals surface area contributed by atoms with E-state index in [1.54, 1.807) is 6.26 Å². The van der Waals surface area contributed by atoms with Crippen LogP contribution in [0.2, 0.25) is 0 Å². The summed E-state index contributed by atoms with van der Waals surface area (Å²) in [6, 6.07) is 3.76. The number of hydrogen-bond donors (Lipinski definition) is 2.